The van der Waals surface area contributed by atoms with Crippen LogP contribution in [0.1, 0.15) is 31.4 Å². The molecule has 1 aromatic heterocycles. The second-order valence-electron chi connectivity index (χ2n) is 5.08. The number of halogens is 1. The van der Waals surface area contributed by atoms with Gasteiger partial charge in [-0.1, -0.05) is 25.1 Å². The van der Waals surface area contributed by atoms with Gasteiger partial charge in [0.2, 0.25) is 5.88 Å². The third-order valence-electron chi connectivity index (χ3n) is 3.28. The summed E-state index contributed by atoms with van der Waals surface area (Å²) in [6.07, 6.45) is 1.64. The summed E-state index contributed by atoms with van der Waals surface area (Å²) in [5.74, 6) is -1.24. The van der Waals surface area contributed by atoms with Crippen LogP contribution in [0.2, 0.25) is 0 Å². The molecular weight excluding hydrogens is 315 g/mol. The Morgan fingerprint density at radius 1 is 1.42 bits per heavy atom. The van der Waals surface area contributed by atoms with Gasteiger partial charge in [-0.25, -0.2) is 4.39 Å². The average Bonchev–Trinajstić information content (AvgIpc) is 2.52. The summed E-state index contributed by atoms with van der Waals surface area (Å²) in [6, 6.07) is 5.79. The zero-order valence-corrected chi connectivity index (χ0v) is 13.3. The number of nitrogens with zero attached hydrogens (tertiary/aromatic N) is 1. The Labute approximate surface area is 137 Å². The predicted molar refractivity (Wildman–Crippen MR) is 86.2 cm³/mol. The van der Waals surface area contributed by atoms with Crippen molar-refractivity contribution in [3.63, 3.8) is 0 Å². The van der Waals surface area contributed by atoms with Gasteiger partial charge in [0.15, 0.2) is 5.78 Å². The minimum atomic E-state index is -0.639. The molecule has 0 fully saturated rings. The lowest BCUT2D eigenvalue weighted by atomic mass is 10.0. The van der Waals surface area contributed by atoms with Gasteiger partial charge in [0.05, 0.1) is 0 Å². The number of hydrogen-bond donors (Lipinski definition) is 2. The van der Waals surface area contributed by atoms with Crippen molar-refractivity contribution >= 4 is 11.4 Å². The first kappa shape index (κ1) is 17.4. The van der Waals surface area contributed by atoms with E-state index in [-0.39, 0.29) is 29.5 Å². The Balaban J connectivity index is 2.28. The van der Waals surface area contributed by atoms with Crippen molar-refractivity contribution in [1.82, 2.24) is 9.97 Å². The van der Waals surface area contributed by atoms with Crippen molar-refractivity contribution in [2.75, 3.05) is 0 Å². The van der Waals surface area contributed by atoms with Gasteiger partial charge in [-0.3, -0.25) is 14.6 Å². The number of H-pyrrole nitrogens is 1. The van der Waals surface area contributed by atoms with Crippen LogP contribution in [0, 0.1) is 5.82 Å². The molecular formula is C17H17FN2O4. The van der Waals surface area contributed by atoms with Crippen molar-refractivity contribution in [3.05, 3.63) is 57.6 Å². The van der Waals surface area contributed by atoms with Crippen molar-refractivity contribution in [3.8, 4) is 11.9 Å². The number of hydrogen-bond acceptors (Lipinski definition) is 5. The number of carbonyl (C=O) groups excluding carboxylic acids is 1. The summed E-state index contributed by atoms with van der Waals surface area (Å²) < 4.78 is 18.8. The number of nitrogens with one attached hydrogen (secondary N) is 1. The van der Waals surface area contributed by atoms with E-state index in [4.69, 9.17) is 4.74 Å². The lowest BCUT2D eigenvalue weighted by Gasteiger charge is -2.09. The molecule has 0 aliphatic carbocycles. The number of aromatic nitrogens is 2. The van der Waals surface area contributed by atoms with E-state index in [0.29, 0.717) is 12.0 Å². The number of ether oxygens (including phenoxy) is 1. The molecule has 0 saturated carbocycles. The largest absolute Gasteiger partial charge is 0.493 e. The van der Waals surface area contributed by atoms with Crippen LogP contribution in [0.25, 0.3) is 5.57 Å². The summed E-state index contributed by atoms with van der Waals surface area (Å²) in [5, 5.41) is 10.0. The fourth-order valence-corrected chi connectivity index (χ4v) is 2.16. The van der Waals surface area contributed by atoms with Crippen LogP contribution in [-0.2, 0) is 11.4 Å². The fourth-order valence-electron chi connectivity index (χ4n) is 2.16. The molecule has 0 amide bonds. The highest BCUT2D eigenvalue weighted by Crippen LogP contribution is 2.23. The molecule has 0 bridgehead atoms. The minimum absolute atomic E-state index is 0.0778. The lowest BCUT2D eigenvalue weighted by molar-refractivity contribution is -0.112. The van der Waals surface area contributed by atoms with Crippen LogP contribution in [-0.4, -0.2) is 20.9 Å². The molecule has 0 aliphatic rings. The molecule has 0 atom stereocenters. The first-order chi connectivity index (χ1) is 11.4. The van der Waals surface area contributed by atoms with Gasteiger partial charge < -0.3 is 9.84 Å². The highest BCUT2D eigenvalue weighted by molar-refractivity contribution is 5.95. The zero-order valence-electron chi connectivity index (χ0n) is 13.3. The summed E-state index contributed by atoms with van der Waals surface area (Å²) in [6.45, 7) is 2.94. The van der Waals surface area contributed by atoms with Gasteiger partial charge in [-0.2, -0.15) is 4.98 Å². The summed E-state index contributed by atoms with van der Waals surface area (Å²) >= 11 is 0. The highest BCUT2D eigenvalue weighted by Gasteiger charge is 2.16. The molecule has 0 radical (unpaired) electrons. The average molecular weight is 332 g/mol. The van der Waals surface area contributed by atoms with Crippen molar-refractivity contribution in [1.29, 1.82) is 0 Å². The van der Waals surface area contributed by atoms with Crippen LogP contribution in [0.5, 0.6) is 11.9 Å². The zero-order chi connectivity index (χ0) is 17.7. The molecule has 0 saturated heterocycles. The molecule has 24 heavy (non-hydrogen) atoms. The van der Waals surface area contributed by atoms with E-state index in [1.807, 2.05) is 0 Å². The number of carbonyl (C=O) groups is 1. The third kappa shape index (κ3) is 4.07. The second kappa shape index (κ2) is 7.54. The minimum Gasteiger partial charge on any atom is -0.493 e. The Morgan fingerprint density at radius 2 is 2.12 bits per heavy atom. The van der Waals surface area contributed by atoms with E-state index in [0.717, 1.165) is 0 Å². The maximum Gasteiger partial charge on any atom is 0.300 e. The van der Waals surface area contributed by atoms with Gasteiger partial charge in [0, 0.05) is 5.56 Å². The topological polar surface area (TPSA) is 92.3 Å². The van der Waals surface area contributed by atoms with E-state index < -0.39 is 17.3 Å². The van der Waals surface area contributed by atoms with Gasteiger partial charge >= 0.3 is 0 Å². The molecule has 2 aromatic rings. The SMILES string of the molecule is CC/C(=C/C(C)=O)c1c(O)nc(OCc2ccccc2F)[nH]c1=O. The van der Waals surface area contributed by atoms with Crippen LogP contribution in [0.3, 0.4) is 0 Å². The van der Waals surface area contributed by atoms with Crippen molar-refractivity contribution in [2.24, 2.45) is 0 Å². The van der Waals surface area contributed by atoms with E-state index in [9.17, 15) is 19.1 Å². The number of aromatic amines is 1. The van der Waals surface area contributed by atoms with Crippen LogP contribution in [0.15, 0.2) is 35.1 Å². The standard InChI is InChI=1S/C17H17FN2O4/c1-3-11(8-10(2)21)14-15(22)19-17(20-16(14)23)24-9-12-6-4-5-7-13(12)18/h4-8H,3,9H2,1-2H3,(H2,19,20,22,23)/b11-8-. The molecule has 2 rings (SSSR count). The molecule has 1 heterocycles. The van der Waals surface area contributed by atoms with Crippen molar-refractivity contribution in [2.45, 2.75) is 26.9 Å². The second-order valence-corrected chi connectivity index (χ2v) is 5.08. The third-order valence-corrected chi connectivity index (χ3v) is 3.28. The maximum atomic E-state index is 13.5. The predicted octanol–water partition coefficient (Wildman–Crippen LogP) is 2.58. The molecule has 6 nitrogen and oxygen atoms in total. The van der Waals surface area contributed by atoms with E-state index >= 15 is 0 Å². The van der Waals surface area contributed by atoms with Crippen LogP contribution < -0.4 is 10.3 Å². The molecule has 0 aliphatic heterocycles. The quantitative estimate of drug-likeness (QED) is 0.793. The number of rotatable bonds is 6. The van der Waals surface area contributed by atoms with Crippen LogP contribution >= 0.6 is 0 Å². The maximum absolute atomic E-state index is 13.5. The summed E-state index contributed by atoms with van der Waals surface area (Å²) in [7, 11) is 0. The Kier molecular flexibility index (Phi) is 5.47. The van der Waals surface area contributed by atoms with Gasteiger partial charge in [0.1, 0.15) is 18.0 Å². The first-order valence-electron chi connectivity index (χ1n) is 7.33. The summed E-state index contributed by atoms with van der Waals surface area (Å²) in [4.78, 5) is 29.5. The van der Waals surface area contributed by atoms with Gasteiger partial charge in [0.25, 0.3) is 11.6 Å². The number of aromatic hydroxyl groups is 1. The number of allylic oxidation sites excluding steroid dienone is 2. The number of ketones is 1. The normalized spacial score (nSPS) is 11.4. The first-order valence-corrected chi connectivity index (χ1v) is 7.33. The molecule has 126 valence electrons. The monoisotopic (exact) mass is 332 g/mol. The summed E-state index contributed by atoms with van der Waals surface area (Å²) in [5.41, 5.74) is -0.0600. The number of benzene rings is 1. The highest BCUT2D eigenvalue weighted by atomic mass is 19.1. The molecule has 1 aromatic carbocycles. The van der Waals surface area contributed by atoms with E-state index in [1.54, 1.807) is 19.1 Å². The Bertz CT molecular complexity index is 843. The molecule has 0 unspecified atom stereocenters. The van der Waals surface area contributed by atoms with Gasteiger partial charge in [-0.15, -0.1) is 0 Å². The molecule has 2 N–H and O–H groups in total. The smallest absolute Gasteiger partial charge is 0.300 e. The Morgan fingerprint density at radius 3 is 2.71 bits per heavy atom. The lowest BCUT2D eigenvalue weighted by Crippen LogP contribution is -2.16. The van der Waals surface area contributed by atoms with Crippen molar-refractivity contribution < 1.29 is 19.0 Å². The van der Waals surface area contributed by atoms with E-state index in [2.05, 4.69) is 9.97 Å². The Hall–Kier alpha value is -2.96. The molecule has 0 spiro atoms. The van der Waals surface area contributed by atoms with Gasteiger partial charge in [-0.05, 0) is 31.1 Å². The fraction of sp³-hybridized carbons (Fsp3) is 0.235. The van der Waals surface area contributed by atoms with E-state index in [1.165, 1.54) is 25.1 Å². The molecule has 7 heteroatoms. The van der Waals surface area contributed by atoms with Crippen LogP contribution in [0.4, 0.5) is 4.39 Å².